The SMILES string of the molecule is N#CC1=C(N)Oc2[nH]c(=O)[nH]c(=O)c2[C@@H]1c1cccnc1. The molecule has 21 heavy (non-hydrogen) atoms. The summed E-state index contributed by atoms with van der Waals surface area (Å²) in [4.78, 5) is 31.9. The number of aromatic nitrogens is 3. The van der Waals surface area contributed by atoms with Gasteiger partial charge in [-0.2, -0.15) is 5.26 Å². The van der Waals surface area contributed by atoms with E-state index in [0.717, 1.165) is 0 Å². The summed E-state index contributed by atoms with van der Waals surface area (Å²) < 4.78 is 5.19. The Morgan fingerprint density at radius 3 is 2.86 bits per heavy atom. The van der Waals surface area contributed by atoms with Gasteiger partial charge in [0.15, 0.2) is 0 Å². The highest BCUT2D eigenvalue weighted by Gasteiger charge is 2.34. The smallest absolute Gasteiger partial charge is 0.328 e. The lowest BCUT2D eigenvalue weighted by molar-refractivity contribution is 0.373. The monoisotopic (exact) mass is 283 g/mol. The van der Waals surface area contributed by atoms with Gasteiger partial charge in [-0.1, -0.05) is 6.07 Å². The van der Waals surface area contributed by atoms with Crippen molar-refractivity contribution in [2.24, 2.45) is 5.73 Å². The summed E-state index contributed by atoms with van der Waals surface area (Å²) in [5.74, 6) is -0.956. The molecule has 3 heterocycles. The lowest BCUT2D eigenvalue weighted by atomic mass is 9.86. The van der Waals surface area contributed by atoms with Crippen molar-refractivity contribution in [2.45, 2.75) is 5.92 Å². The van der Waals surface area contributed by atoms with Crippen LogP contribution in [0.1, 0.15) is 17.0 Å². The maximum atomic E-state index is 12.1. The minimum atomic E-state index is -0.743. The fourth-order valence-corrected chi connectivity index (χ4v) is 2.27. The van der Waals surface area contributed by atoms with E-state index in [9.17, 15) is 14.9 Å². The van der Waals surface area contributed by atoms with Gasteiger partial charge < -0.3 is 10.5 Å². The standard InChI is InChI=1S/C13H9N5O3/c14-4-7-8(6-2-1-3-16-5-6)9-11(19)17-13(20)18-12(9)21-10(7)15/h1-3,5,8H,15H2,(H2,17,18,19,20)/t8-/m1/s1. The molecule has 0 bridgehead atoms. The topological polar surface area (TPSA) is 138 Å². The van der Waals surface area contributed by atoms with Crippen molar-refractivity contribution in [1.82, 2.24) is 15.0 Å². The van der Waals surface area contributed by atoms with Crippen LogP contribution in [0, 0.1) is 11.3 Å². The molecule has 2 aromatic heterocycles. The number of hydrogen-bond donors (Lipinski definition) is 3. The number of nitrogens with one attached hydrogen (secondary N) is 2. The number of rotatable bonds is 1. The molecule has 8 nitrogen and oxygen atoms in total. The molecule has 0 aromatic carbocycles. The average molecular weight is 283 g/mol. The number of allylic oxidation sites excluding steroid dienone is 1. The summed E-state index contributed by atoms with van der Waals surface area (Å²) in [6.45, 7) is 0. The Kier molecular flexibility index (Phi) is 2.80. The lowest BCUT2D eigenvalue weighted by Gasteiger charge is -2.24. The summed E-state index contributed by atoms with van der Waals surface area (Å²) in [5, 5.41) is 9.29. The first-order valence-electron chi connectivity index (χ1n) is 5.96. The maximum Gasteiger partial charge on any atom is 0.328 e. The predicted octanol–water partition coefficient (Wildman–Crippen LogP) is -0.324. The van der Waals surface area contributed by atoms with E-state index in [2.05, 4.69) is 15.0 Å². The third-order valence-corrected chi connectivity index (χ3v) is 3.14. The Balaban J connectivity index is 2.34. The maximum absolute atomic E-state index is 12.1. The number of aromatic amines is 2. The molecule has 2 aromatic rings. The van der Waals surface area contributed by atoms with Crippen LogP contribution in [0.5, 0.6) is 5.88 Å². The van der Waals surface area contributed by atoms with Gasteiger partial charge in [0, 0.05) is 12.4 Å². The van der Waals surface area contributed by atoms with Crippen molar-refractivity contribution in [3.63, 3.8) is 0 Å². The summed E-state index contributed by atoms with van der Waals surface area (Å²) in [6, 6.07) is 5.33. The van der Waals surface area contributed by atoms with Crippen molar-refractivity contribution in [2.75, 3.05) is 0 Å². The molecule has 0 amide bonds. The van der Waals surface area contributed by atoms with Gasteiger partial charge in [-0.05, 0) is 11.6 Å². The van der Waals surface area contributed by atoms with Gasteiger partial charge in [0.2, 0.25) is 11.8 Å². The quantitative estimate of drug-likeness (QED) is 0.655. The van der Waals surface area contributed by atoms with Crippen LogP contribution in [0.4, 0.5) is 0 Å². The van der Waals surface area contributed by atoms with Gasteiger partial charge in [-0.15, -0.1) is 0 Å². The van der Waals surface area contributed by atoms with E-state index in [1.807, 2.05) is 6.07 Å². The minimum Gasteiger partial charge on any atom is -0.424 e. The first-order valence-corrected chi connectivity index (χ1v) is 5.96. The number of H-pyrrole nitrogens is 2. The number of nitrogens with zero attached hydrogens (tertiary/aromatic N) is 2. The van der Waals surface area contributed by atoms with E-state index in [1.165, 1.54) is 6.20 Å². The molecular weight excluding hydrogens is 274 g/mol. The second-order valence-electron chi connectivity index (χ2n) is 4.36. The Hall–Kier alpha value is -3.34. The summed E-state index contributed by atoms with van der Waals surface area (Å²) in [5.41, 5.74) is 5.17. The molecule has 0 spiro atoms. The zero-order valence-electron chi connectivity index (χ0n) is 10.6. The second-order valence-corrected chi connectivity index (χ2v) is 4.36. The molecule has 3 rings (SSSR count). The number of ether oxygens (including phenoxy) is 1. The van der Waals surface area contributed by atoms with E-state index >= 15 is 0 Å². The van der Waals surface area contributed by atoms with Crippen LogP contribution in [-0.2, 0) is 0 Å². The van der Waals surface area contributed by atoms with E-state index in [4.69, 9.17) is 10.5 Å². The molecule has 104 valence electrons. The van der Waals surface area contributed by atoms with Crippen molar-refractivity contribution in [1.29, 1.82) is 5.26 Å². The average Bonchev–Trinajstić information content (AvgIpc) is 2.46. The molecule has 0 aliphatic carbocycles. The molecule has 0 unspecified atom stereocenters. The normalized spacial score (nSPS) is 16.8. The van der Waals surface area contributed by atoms with E-state index < -0.39 is 17.2 Å². The Bertz CT molecular complexity index is 889. The van der Waals surface area contributed by atoms with Crippen molar-refractivity contribution < 1.29 is 4.74 Å². The first kappa shape index (κ1) is 12.7. The van der Waals surface area contributed by atoms with Gasteiger partial charge in [-0.3, -0.25) is 19.7 Å². The highest BCUT2D eigenvalue weighted by atomic mass is 16.5. The molecule has 0 saturated heterocycles. The van der Waals surface area contributed by atoms with Gasteiger partial charge in [0.05, 0.1) is 11.5 Å². The fraction of sp³-hybridized carbons (Fsp3) is 0.0769. The summed E-state index contributed by atoms with van der Waals surface area (Å²) in [6.07, 6.45) is 3.09. The van der Waals surface area contributed by atoms with Crippen molar-refractivity contribution in [3.8, 4) is 11.9 Å². The van der Waals surface area contributed by atoms with Crippen molar-refractivity contribution in [3.05, 3.63) is 67.9 Å². The Morgan fingerprint density at radius 1 is 1.38 bits per heavy atom. The van der Waals surface area contributed by atoms with Gasteiger partial charge in [0.25, 0.3) is 5.56 Å². The van der Waals surface area contributed by atoms with Crippen LogP contribution in [0.3, 0.4) is 0 Å². The van der Waals surface area contributed by atoms with E-state index in [0.29, 0.717) is 5.56 Å². The molecule has 0 radical (unpaired) electrons. The summed E-state index contributed by atoms with van der Waals surface area (Å²) >= 11 is 0. The third kappa shape index (κ3) is 1.97. The van der Waals surface area contributed by atoms with Crippen LogP contribution in [0.15, 0.2) is 45.6 Å². The molecule has 8 heteroatoms. The highest BCUT2D eigenvalue weighted by Crippen LogP contribution is 2.37. The van der Waals surface area contributed by atoms with Crippen LogP contribution >= 0.6 is 0 Å². The molecular formula is C13H9N5O3. The number of fused-ring (bicyclic) bond motifs is 1. The Morgan fingerprint density at radius 2 is 2.19 bits per heavy atom. The van der Waals surface area contributed by atoms with Crippen LogP contribution in [-0.4, -0.2) is 15.0 Å². The predicted molar refractivity (Wildman–Crippen MR) is 71.2 cm³/mol. The lowest BCUT2D eigenvalue weighted by Crippen LogP contribution is -2.33. The number of nitrogens with two attached hydrogens (primary N) is 1. The molecule has 1 aliphatic rings. The summed E-state index contributed by atoms with van der Waals surface area (Å²) in [7, 11) is 0. The van der Waals surface area contributed by atoms with Gasteiger partial charge >= 0.3 is 5.69 Å². The number of nitriles is 1. The van der Waals surface area contributed by atoms with E-state index in [1.54, 1.807) is 18.3 Å². The van der Waals surface area contributed by atoms with Crippen LogP contribution in [0.2, 0.25) is 0 Å². The first-order chi connectivity index (χ1) is 10.1. The highest BCUT2D eigenvalue weighted by molar-refractivity contribution is 5.51. The molecule has 0 fully saturated rings. The molecule has 0 saturated carbocycles. The second kappa shape index (κ2) is 4.64. The van der Waals surface area contributed by atoms with Crippen LogP contribution < -0.4 is 21.7 Å². The Labute approximate surface area is 117 Å². The van der Waals surface area contributed by atoms with E-state index in [-0.39, 0.29) is 22.9 Å². The zero-order valence-corrected chi connectivity index (χ0v) is 10.6. The van der Waals surface area contributed by atoms with Crippen LogP contribution in [0.25, 0.3) is 0 Å². The van der Waals surface area contributed by atoms with Gasteiger partial charge in [-0.25, -0.2) is 4.79 Å². The zero-order chi connectivity index (χ0) is 15.0. The minimum absolute atomic E-state index is 0.0610. The molecule has 4 N–H and O–H groups in total. The van der Waals surface area contributed by atoms with Crippen molar-refractivity contribution >= 4 is 0 Å². The van der Waals surface area contributed by atoms with Gasteiger partial charge in [0.1, 0.15) is 11.6 Å². The molecule has 1 aliphatic heterocycles. The number of pyridine rings is 1. The fourth-order valence-electron chi connectivity index (χ4n) is 2.27. The molecule has 1 atom stereocenters. The largest absolute Gasteiger partial charge is 0.424 e. The number of hydrogen-bond acceptors (Lipinski definition) is 6. The third-order valence-electron chi connectivity index (χ3n) is 3.14.